The van der Waals surface area contributed by atoms with Crippen molar-refractivity contribution < 1.29 is 14.7 Å². The molecule has 1 saturated heterocycles. The van der Waals surface area contributed by atoms with Crippen molar-refractivity contribution in [1.29, 1.82) is 0 Å². The summed E-state index contributed by atoms with van der Waals surface area (Å²) in [6.07, 6.45) is 5.75. The van der Waals surface area contributed by atoms with E-state index in [2.05, 4.69) is 12.2 Å². The first-order valence-corrected chi connectivity index (χ1v) is 8.69. The highest BCUT2D eigenvalue weighted by Gasteiger charge is 2.65. The van der Waals surface area contributed by atoms with Crippen LogP contribution in [0.15, 0.2) is 12.2 Å². The number of carboxylic acids is 1. The summed E-state index contributed by atoms with van der Waals surface area (Å²) in [5, 5.41) is 9.83. The Hall–Kier alpha value is -1.36. The normalized spacial score (nSPS) is 44.7. The molecule has 23 heavy (non-hydrogen) atoms. The van der Waals surface area contributed by atoms with E-state index in [4.69, 9.17) is 5.73 Å². The van der Waals surface area contributed by atoms with Gasteiger partial charge in [0.1, 0.15) is 6.04 Å². The number of hydrogen-bond donors (Lipinski definition) is 2. The first-order chi connectivity index (χ1) is 10.7. The second-order valence-corrected chi connectivity index (χ2v) is 8.96. The van der Waals surface area contributed by atoms with Crippen LogP contribution in [-0.4, -0.2) is 40.5 Å². The fraction of sp³-hybridized carbons (Fsp3) is 0.778. The van der Waals surface area contributed by atoms with E-state index in [0.717, 1.165) is 5.92 Å². The van der Waals surface area contributed by atoms with Crippen molar-refractivity contribution in [3.63, 3.8) is 0 Å². The van der Waals surface area contributed by atoms with Gasteiger partial charge < -0.3 is 15.7 Å². The van der Waals surface area contributed by atoms with Crippen LogP contribution in [0.2, 0.25) is 0 Å². The van der Waals surface area contributed by atoms with Crippen molar-refractivity contribution in [3.05, 3.63) is 12.2 Å². The maximum atomic E-state index is 12.9. The Kier molecular flexibility index (Phi) is 3.03. The van der Waals surface area contributed by atoms with Crippen molar-refractivity contribution in [2.75, 3.05) is 6.54 Å². The molecule has 0 radical (unpaired) electrons. The Bertz CT molecular complexity index is 594. The molecule has 2 bridgehead atoms. The van der Waals surface area contributed by atoms with Gasteiger partial charge in [-0.3, -0.25) is 4.79 Å². The highest BCUT2D eigenvalue weighted by Crippen LogP contribution is 2.66. The average Bonchev–Trinajstić information content (AvgIpc) is 3.18. The highest BCUT2D eigenvalue weighted by molar-refractivity contribution is 5.88. The van der Waals surface area contributed by atoms with Crippen LogP contribution in [0.1, 0.15) is 27.2 Å². The standard InChI is InChI=1S/C18H26N2O3/c1-18(2,3)15(19)16(21)20-7-12-8-4-5-9(11-6-10(8)11)13(12)14(20)17(22)23/h4-5,8-15H,6-7,19H2,1-3H3,(H,22,23)/t8-,9?,10+,11-,12-,13?,14?,15-/m1/s1. The summed E-state index contributed by atoms with van der Waals surface area (Å²) >= 11 is 0. The number of nitrogens with zero attached hydrogens (tertiary/aromatic N) is 1. The minimum atomic E-state index is -0.870. The molecular weight excluding hydrogens is 292 g/mol. The van der Waals surface area contributed by atoms with Crippen molar-refractivity contribution >= 4 is 11.9 Å². The molecule has 1 amide bonds. The van der Waals surface area contributed by atoms with Gasteiger partial charge in [0.2, 0.25) is 5.91 Å². The second-order valence-electron chi connectivity index (χ2n) is 8.96. The van der Waals surface area contributed by atoms with E-state index < -0.39 is 18.1 Å². The number of aliphatic carboxylic acids is 1. The van der Waals surface area contributed by atoms with Gasteiger partial charge in [0.15, 0.2) is 0 Å². The summed E-state index contributed by atoms with van der Waals surface area (Å²) in [6.45, 7) is 6.33. The van der Waals surface area contributed by atoms with Crippen molar-refractivity contribution in [2.45, 2.75) is 39.3 Å². The number of likely N-dealkylation sites (tertiary alicyclic amines) is 1. The lowest BCUT2D eigenvalue weighted by molar-refractivity contribution is -0.151. The Labute approximate surface area is 136 Å². The molecule has 3 N–H and O–H groups in total. The fourth-order valence-corrected chi connectivity index (χ4v) is 5.39. The third kappa shape index (κ3) is 2.02. The van der Waals surface area contributed by atoms with Gasteiger partial charge in [-0.05, 0) is 41.4 Å². The van der Waals surface area contributed by atoms with Gasteiger partial charge in [0.05, 0.1) is 6.04 Å². The van der Waals surface area contributed by atoms with Gasteiger partial charge in [-0.25, -0.2) is 4.79 Å². The molecule has 126 valence electrons. The quantitative estimate of drug-likeness (QED) is 0.753. The molecule has 5 nitrogen and oxygen atoms in total. The zero-order valence-corrected chi connectivity index (χ0v) is 14.0. The zero-order valence-electron chi connectivity index (χ0n) is 14.0. The summed E-state index contributed by atoms with van der Waals surface area (Å²) in [5.41, 5.74) is 5.78. The van der Waals surface area contributed by atoms with E-state index in [-0.39, 0.29) is 17.2 Å². The molecule has 0 aromatic carbocycles. The lowest BCUT2D eigenvalue weighted by atomic mass is 9.62. The number of amides is 1. The fourth-order valence-electron chi connectivity index (χ4n) is 5.39. The summed E-state index contributed by atoms with van der Waals surface area (Å²) in [5.74, 6) is 1.47. The van der Waals surface area contributed by atoms with Crippen LogP contribution in [-0.2, 0) is 9.59 Å². The van der Waals surface area contributed by atoms with E-state index in [9.17, 15) is 14.7 Å². The Morgan fingerprint density at radius 3 is 2.39 bits per heavy atom. The molecule has 1 aliphatic heterocycles. The minimum Gasteiger partial charge on any atom is -0.480 e. The van der Waals surface area contributed by atoms with Crippen molar-refractivity contribution in [2.24, 2.45) is 46.7 Å². The highest BCUT2D eigenvalue weighted by atomic mass is 16.4. The van der Waals surface area contributed by atoms with Gasteiger partial charge >= 0.3 is 5.97 Å². The third-order valence-corrected chi connectivity index (χ3v) is 6.71. The number of carboxylic acid groups (broad SMARTS) is 1. The molecule has 5 aliphatic rings. The SMILES string of the molecule is CC(C)(C)[C@H](N)C(=O)N1C[C@H]2C(C3C=C[C@@H]2[C@@H]2C[C@H]32)C1C(=O)O. The smallest absolute Gasteiger partial charge is 0.326 e. The first kappa shape index (κ1) is 15.2. The van der Waals surface area contributed by atoms with E-state index in [1.54, 1.807) is 4.90 Å². The van der Waals surface area contributed by atoms with Gasteiger partial charge in [-0.15, -0.1) is 0 Å². The van der Waals surface area contributed by atoms with E-state index in [0.29, 0.717) is 30.2 Å². The topological polar surface area (TPSA) is 83.6 Å². The molecular formula is C18H26N2O3. The van der Waals surface area contributed by atoms with Gasteiger partial charge in [0.25, 0.3) is 0 Å². The van der Waals surface area contributed by atoms with Crippen LogP contribution in [0.5, 0.6) is 0 Å². The first-order valence-electron chi connectivity index (χ1n) is 8.69. The Morgan fingerprint density at radius 1 is 1.17 bits per heavy atom. The summed E-state index contributed by atoms with van der Waals surface area (Å²) in [7, 11) is 0. The maximum absolute atomic E-state index is 12.9. The van der Waals surface area contributed by atoms with Crippen LogP contribution >= 0.6 is 0 Å². The lowest BCUT2D eigenvalue weighted by Gasteiger charge is -2.41. The largest absolute Gasteiger partial charge is 0.480 e. The molecule has 2 saturated carbocycles. The summed E-state index contributed by atoms with van der Waals surface area (Å²) < 4.78 is 0. The van der Waals surface area contributed by atoms with Gasteiger partial charge in [-0.2, -0.15) is 0 Å². The van der Waals surface area contributed by atoms with Crippen LogP contribution in [0.3, 0.4) is 0 Å². The monoisotopic (exact) mass is 318 g/mol. The van der Waals surface area contributed by atoms with Crippen molar-refractivity contribution in [3.8, 4) is 0 Å². The predicted molar refractivity (Wildman–Crippen MR) is 85.3 cm³/mol. The lowest BCUT2D eigenvalue weighted by Crippen LogP contribution is -2.54. The molecule has 5 heteroatoms. The third-order valence-electron chi connectivity index (χ3n) is 6.71. The zero-order chi connectivity index (χ0) is 16.7. The Balaban J connectivity index is 1.65. The molecule has 8 atom stereocenters. The summed E-state index contributed by atoms with van der Waals surface area (Å²) in [6, 6.07) is -1.37. The molecule has 0 aromatic rings. The van der Waals surface area contributed by atoms with Crippen LogP contribution < -0.4 is 5.73 Å². The second kappa shape index (κ2) is 4.59. The average molecular weight is 318 g/mol. The summed E-state index contributed by atoms with van der Waals surface area (Å²) in [4.78, 5) is 26.5. The van der Waals surface area contributed by atoms with E-state index >= 15 is 0 Å². The predicted octanol–water partition coefficient (Wildman–Crippen LogP) is 1.34. The molecule has 5 rings (SSSR count). The maximum Gasteiger partial charge on any atom is 0.326 e. The Morgan fingerprint density at radius 2 is 1.78 bits per heavy atom. The number of hydrogen-bond acceptors (Lipinski definition) is 3. The van der Waals surface area contributed by atoms with Crippen LogP contribution in [0.25, 0.3) is 0 Å². The number of carbonyl (C=O) groups excluding carboxylic acids is 1. The van der Waals surface area contributed by atoms with Crippen LogP contribution in [0.4, 0.5) is 0 Å². The van der Waals surface area contributed by atoms with Gasteiger partial charge in [0, 0.05) is 12.5 Å². The van der Waals surface area contributed by atoms with E-state index in [1.165, 1.54) is 6.42 Å². The number of allylic oxidation sites excluding steroid dienone is 2. The molecule has 3 unspecified atom stereocenters. The van der Waals surface area contributed by atoms with Gasteiger partial charge in [-0.1, -0.05) is 32.9 Å². The van der Waals surface area contributed by atoms with Crippen LogP contribution in [0, 0.1) is 40.9 Å². The van der Waals surface area contributed by atoms with E-state index in [1.807, 2.05) is 20.8 Å². The number of rotatable bonds is 2. The molecule has 1 heterocycles. The number of carbonyl (C=O) groups is 2. The molecule has 0 spiro atoms. The molecule has 0 aromatic heterocycles. The molecule has 4 aliphatic carbocycles. The minimum absolute atomic E-state index is 0.0716. The van der Waals surface area contributed by atoms with Crippen molar-refractivity contribution in [1.82, 2.24) is 4.90 Å². The number of nitrogens with two attached hydrogens (primary N) is 1. The molecule has 3 fully saturated rings.